The molecule has 46 heavy (non-hydrogen) atoms. The predicted molar refractivity (Wildman–Crippen MR) is 159 cm³/mol. The lowest BCUT2D eigenvalue weighted by Gasteiger charge is -2.36. The van der Waals surface area contributed by atoms with Crippen molar-refractivity contribution < 1.29 is 45.3 Å². The van der Waals surface area contributed by atoms with Crippen LogP contribution in [-0.2, 0) is 27.2 Å². The molecular formula is C35H31F6NO4. The zero-order valence-corrected chi connectivity index (χ0v) is 25.0. The SMILES string of the molecule is CC1(C)C2=CC(N(c3ccc(OCC4CO4)c(C(F)(F)F)c3)c3ccc(OCC4CO4)c(C(F)(F)F)c3)CC=C2c2ccccc21. The number of hydrogen-bond donors (Lipinski definition) is 0. The summed E-state index contributed by atoms with van der Waals surface area (Å²) in [4.78, 5) is 1.53. The first-order valence-corrected chi connectivity index (χ1v) is 15.0. The molecule has 3 aromatic carbocycles. The van der Waals surface area contributed by atoms with Crippen molar-refractivity contribution in [3.05, 3.63) is 101 Å². The number of allylic oxidation sites excluding steroid dienone is 2. The summed E-state index contributed by atoms with van der Waals surface area (Å²) < 4.78 is 108. The van der Waals surface area contributed by atoms with Gasteiger partial charge in [-0.25, -0.2) is 0 Å². The van der Waals surface area contributed by atoms with Crippen LogP contribution in [0, 0.1) is 0 Å². The van der Waals surface area contributed by atoms with Gasteiger partial charge in [0.25, 0.3) is 0 Å². The maximum atomic E-state index is 14.4. The topological polar surface area (TPSA) is 46.8 Å². The van der Waals surface area contributed by atoms with E-state index in [-0.39, 0.29) is 48.3 Å². The molecule has 2 aliphatic heterocycles. The summed E-state index contributed by atoms with van der Waals surface area (Å²) in [6.45, 7) is 4.89. The lowest BCUT2D eigenvalue weighted by molar-refractivity contribution is -0.139. The normalized spacial score (nSPS) is 22.7. The van der Waals surface area contributed by atoms with E-state index in [4.69, 9.17) is 18.9 Å². The molecule has 0 aromatic heterocycles. The van der Waals surface area contributed by atoms with Crippen LogP contribution in [0.2, 0.25) is 0 Å². The summed E-state index contributed by atoms with van der Waals surface area (Å²) in [5.74, 6) is -0.740. The molecular weight excluding hydrogens is 612 g/mol. The zero-order valence-electron chi connectivity index (χ0n) is 25.0. The van der Waals surface area contributed by atoms with Gasteiger partial charge in [0.15, 0.2) is 0 Å². The van der Waals surface area contributed by atoms with Gasteiger partial charge in [-0.3, -0.25) is 0 Å². The molecule has 11 heteroatoms. The van der Waals surface area contributed by atoms with E-state index >= 15 is 0 Å². The van der Waals surface area contributed by atoms with Crippen LogP contribution in [0.5, 0.6) is 11.5 Å². The van der Waals surface area contributed by atoms with Gasteiger partial charge < -0.3 is 23.8 Å². The number of halogens is 6. The van der Waals surface area contributed by atoms with Crippen LogP contribution in [0.3, 0.4) is 0 Å². The molecule has 2 heterocycles. The van der Waals surface area contributed by atoms with Crippen LogP contribution in [0.15, 0.2) is 78.4 Å². The highest BCUT2D eigenvalue weighted by molar-refractivity contribution is 5.91. The van der Waals surface area contributed by atoms with Crippen molar-refractivity contribution in [2.75, 3.05) is 31.3 Å². The fraction of sp³-hybridized carbons (Fsp3) is 0.371. The average molecular weight is 644 g/mol. The number of nitrogens with zero attached hydrogens (tertiary/aromatic N) is 1. The second kappa shape index (κ2) is 11.1. The monoisotopic (exact) mass is 643 g/mol. The van der Waals surface area contributed by atoms with E-state index in [9.17, 15) is 26.3 Å². The van der Waals surface area contributed by atoms with Crippen molar-refractivity contribution in [3.63, 3.8) is 0 Å². The lowest BCUT2D eigenvalue weighted by Crippen LogP contribution is -2.32. The molecule has 0 N–H and O–H groups in total. The van der Waals surface area contributed by atoms with E-state index < -0.39 is 34.9 Å². The van der Waals surface area contributed by atoms with Gasteiger partial charge in [0.05, 0.1) is 30.4 Å². The fourth-order valence-corrected chi connectivity index (χ4v) is 6.34. The minimum Gasteiger partial charge on any atom is -0.490 e. The molecule has 2 saturated heterocycles. The van der Waals surface area contributed by atoms with E-state index in [1.54, 1.807) is 0 Å². The van der Waals surface area contributed by atoms with Gasteiger partial charge in [-0.05, 0) is 65.1 Å². The Morgan fingerprint density at radius 2 is 1.30 bits per heavy atom. The quantitative estimate of drug-likeness (QED) is 0.173. The van der Waals surface area contributed by atoms with Gasteiger partial charge in [-0.1, -0.05) is 50.3 Å². The smallest absolute Gasteiger partial charge is 0.420 e. The molecule has 3 unspecified atom stereocenters. The van der Waals surface area contributed by atoms with E-state index in [0.29, 0.717) is 19.6 Å². The molecule has 2 aliphatic carbocycles. The second-order valence-corrected chi connectivity index (χ2v) is 12.4. The first-order valence-electron chi connectivity index (χ1n) is 15.0. The molecule has 0 radical (unpaired) electrons. The Balaban J connectivity index is 1.34. The molecule has 5 nitrogen and oxygen atoms in total. The van der Waals surface area contributed by atoms with E-state index in [1.807, 2.05) is 36.4 Å². The number of hydrogen-bond acceptors (Lipinski definition) is 5. The minimum absolute atomic E-state index is 0.0353. The fourth-order valence-electron chi connectivity index (χ4n) is 6.34. The van der Waals surface area contributed by atoms with E-state index in [2.05, 4.69) is 13.8 Å². The first kappa shape index (κ1) is 30.7. The minimum atomic E-state index is -4.78. The third-order valence-corrected chi connectivity index (χ3v) is 8.86. The maximum absolute atomic E-state index is 14.4. The summed E-state index contributed by atoms with van der Waals surface area (Å²) in [5.41, 5.74) is 1.85. The van der Waals surface area contributed by atoms with Crippen molar-refractivity contribution in [3.8, 4) is 11.5 Å². The summed E-state index contributed by atoms with van der Waals surface area (Å²) in [7, 11) is 0. The molecule has 0 amide bonds. The molecule has 2 fully saturated rings. The largest absolute Gasteiger partial charge is 0.490 e. The van der Waals surface area contributed by atoms with Gasteiger partial charge in [0.2, 0.25) is 0 Å². The van der Waals surface area contributed by atoms with Crippen molar-refractivity contribution in [1.82, 2.24) is 0 Å². The standard InChI is InChI=1S/C35H31F6NO4/c1-33(2)27-6-4-3-5-25(27)26-10-7-20(13-28(26)33)42(21-8-11-31(45-18-23-16-43-23)29(14-21)34(36,37)38)22-9-12-32(46-19-24-17-44-24)30(15-22)35(39,40)41/h3-6,8-15,20,23-24H,7,16-19H2,1-2H3. The number of epoxide rings is 2. The molecule has 0 spiro atoms. The third kappa shape index (κ3) is 5.86. The van der Waals surface area contributed by atoms with Gasteiger partial charge in [0, 0.05) is 16.8 Å². The highest BCUT2D eigenvalue weighted by atomic mass is 19.4. The Labute approximate surface area is 262 Å². The van der Waals surface area contributed by atoms with Crippen LogP contribution in [0.25, 0.3) is 5.57 Å². The molecule has 3 atom stereocenters. The summed E-state index contributed by atoms with van der Waals surface area (Å²) >= 11 is 0. The Morgan fingerprint density at radius 3 is 1.80 bits per heavy atom. The average Bonchev–Trinajstić information content (AvgIpc) is 3.95. The highest BCUT2D eigenvalue weighted by Gasteiger charge is 2.42. The van der Waals surface area contributed by atoms with Gasteiger partial charge in [-0.15, -0.1) is 0 Å². The van der Waals surface area contributed by atoms with Crippen LogP contribution in [0.1, 0.15) is 42.5 Å². The Morgan fingerprint density at radius 1 is 0.783 bits per heavy atom. The lowest BCUT2D eigenvalue weighted by atomic mass is 9.79. The zero-order chi connectivity index (χ0) is 32.4. The van der Waals surface area contributed by atoms with Gasteiger partial charge >= 0.3 is 12.4 Å². The predicted octanol–water partition coefficient (Wildman–Crippen LogP) is 8.49. The van der Waals surface area contributed by atoms with Crippen molar-refractivity contribution in [1.29, 1.82) is 0 Å². The Kier molecular flexibility index (Phi) is 7.39. The molecule has 242 valence electrons. The number of benzene rings is 3. The van der Waals surface area contributed by atoms with Crippen molar-refractivity contribution >= 4 is 16.9 Å². The summed E-state index contributed by atoms with van der Waals surface area (Å²) in [6, 6.07) is 14.6. The molecule has 0 bridgehead atoms. The maximum Gasteiger partial charge on any atom is 0.420 e. The molecule has 0 saturated carbocycles. The number of rotatable bonds is 9. The van der Waals surface area contributed by atoms with E-state index in [0.717, 1.165) is 34.4 Å². The number of anilines is 2. The van der Waals surface area contributed by atoms with Crippen LogP contribution in [0.4, 0.5) is 37.7 Å². The number of ether oxygens (including phenoxy) is 4. The molecule has 7 rings (SSSR count). The van der Waals surface area contributed by atoms with Gasteiger partial charge in [0.1, 0.15) is 36.9 Å². The number of alkyl halides is 6. The Hall–Kier alpha value is -3.96. The van der Waals surface area contributed by atoms with Gasteiger partial charge in [-0.2, -0.15) is 26.3 Å². The second-order valence-electron chi connectivity index (χ2n) is 12.4. The summed E-state index contributed by atoms with van der Waals surface area (Å²) in [5, 5.41) is 0. The van der Waals surface area contributed by atoms with Crippen molar-refractivity contribution in [2.24, 2.45) is 0 Å². The molecule has 3 aromatic rings. The Bertz CT molecular complexity index is 1640. The van der Waals surface area contributed by atoms with Crippen molar-refractivity contribution in [2.45, 2.75) is 56.3 Å². The summed E-state index contributed by atoms with van der Waals surface area (Å²) in [6.07, 6.45) is -5.75. The van der Waals surface area contributed by atoms with Crippen LogP contribution < -0.4 is 14.4 Å². The van der Waals surface area contributed by atoms with E-state index in [1.165, 1.54) is 29.2 Å². The number of fused-ring (bicyclic) bond motifs is 3. The third-order valence-electron chi connectivity index (χ3n) is 8.86. The molecule has 4 aliphatic rings. The highest BCUT2D eigenvalue weighted by Crippen LogP contribution is 2.52. The van der Waals surface area contributed by atoms with Crippen LogP contribution in [-0.4, -0.2) is 44.7 Å². The van der Waals surface area contributed by atoms with Crippen LogP contribution >= 0.6 is 0 Å². The first-order chi connectivity index (χ1) is 21.8.